The highest BCUT2D eigenvalue weighted by Crippen LogP contribution is 2.16. The Bertz CT molecular complexity index is 521. The molecule has 1 aliphatic rings. The molecule has 1 aromatic heterocycles. The summed E-state index contributed by atoms with van der Waals surface area (Å²) in [6, 6.07) is 3.16. The van der Waals surface area contributed by atoms with E-state index in [0.717, 1.165) is 36.9 Å². The van der Waals surface area contributed by atoms with Gasteiger partial charge in [-0.2, -0.15) is 0 Å². The van der Waals surface area contributed by atoms with Crippen LogP contribution in [-0.2, 0) is 11.3 Å². The van der Waals surface area contributed by atoms with Gasteiger partial charge in [0.25, 0.3) is 5.56 Å². The molecule has 1 saturated heterocycles. The molecule has 0 aromatic carbocycles. The molecule has 0 spiro atoms. The SMILES string of the molecule is CNCC1CCN(C(=O)Cn2cc(Br)ccc2=O)CC1. The smallest absolute Gasteiger partial charge is 0.251 e. The van der Waals surface area contributed by atoms with Crippen LogP contribution < -0.4 is 10.9 Å². The van der Waals surface area contributed by atoms with Gasteiger partial charge in [-0.1, -0.05) is 0 Å². The maximum atomic E-state index is 12.2. The van der Waals surface area contributed by atoms with Crippen LogP contribution in [0.15, 0.2) is 27.6 Å². The second-order valence-electron chi connectivity index (χ2n) is 5.20. The fourth-order valence-corrected chi connectivity index (χ4v) is 2.93. The van der Waals surface area contributed by atoms with Crippen molar-refractivity contribution in [2.24, 2.45) is 5.92 Å². The van der Waals surface area contributed by atoms with Crippen molar-refractivity contribution in [3.8, 4) is 0 Å². The van der Waals surface area contributed by atoms with Crippen molar-refractivity contribution in [1.82, 2.24) is 14.8 Å². The summed E-state index contributed by atoms with van der Waals surface area (Å²) in [6.07, 6.45) is 3.72. The Balaban J connectivity index is 1.93. The number of piperidine rings is 1. The maximum absolute atomic E-state index is 12.2. The fraction of sp³-hybridized carbons (Fsp3) is 0.571. The number of aromatic nitrogens is 1. The lowest BCUT2D eigenvalue weighted by atomic mass is 9.97. The molecule has 1 aliphatic heterocycles. The van der Waals surface area contributed by atoms with Crippen LogP contribution in [0.25, 0.3) is 0 Å². The molecule has 1 aromatic rings. The number of hydrogen-bond acceptors (Lipinski definition) is 3. The molecule has 0 bridgehead atoms. The van der Waals surface area contributed by atoms with Gasteiger partial charge < -0.3 is 14.8 Å². The molecule has 6 heteroatoms. The summed E-state index contributed by atoms with van der Waals surface area (Å²) in [5.74, 6) is 0.672. The van der Waals surface area contributed by atoms with Crippen molar-refractivity contribution in [2.45, 2.75) is 19.4 Å². The van der Waals surface area contributed by atoms with Crippen molar-refractivity contribution < 1.29 is 4.79 Å². The van der Waals surface area contributed by atoms with E-state index in [2.05, 4.69) is 21.2 Å². The number of likely N-dealkylation sites (tertiary alicyclic amines) is 1. The first-order valence-electron chi connectivity index (χ1n) is 6.88. The molecule has 2 heterocycles. The topological polar surface area (TPSA) is 54.3 Å². The highest BCUT2D eigenvalue weighted by molar-refractivity contribution is 9.10. The Morgan fingerprint density at radius 3 is 2.75 bits per heavy atom. The minimum absolute atomic E-state index is 0.0214. The second kappa shape index (κ2) is 7.04. The molecule has 0 unspecified atom stereocenters. The molecule has 0 saturated carbocycles. The Labute approximate surface area is 127 Å². The Hall–Kier alpha value is -1.14. The van der Waals surface area contributed by atoms with E-state index in [-0.39, 0.29) is 18.0 Å². The van der Waals surface area contributed by atoms with E-state index < -0.39 is 0 Å². The van der Waals surface area contributed by atoms with Crippen LogP contribution in [0.3, 0.4) is 0 Å². The largest absolute Gasteiger partial charge is 0.341 e. The third-order valence-electron chi connectivity index (χ3n) is 3.71. The first-order chi connectivity index (χ1) is 9.60. The maximum Gasteiger partial charge on any atom is 0.251 e. The van der Waals surface area contributed by atoms with Crippen LogP contribution in [0.2, 0.25) is 0 Å². The van der Waals surface area contributed by atoms with Gasteiger partial charge in [0.1, 0.15) is 6.54 Å². The number of carbonyl (C=O) groups excluding carboxylic acids is 1. The lowest BCUT2D eigenvalue weighted by Crippen LogP contribution is -2.42. The van der Waals surface area contributed by atoms with E-state index in [1.807, 2.05) is 11.9 Å². The summed E-state index contributed by atoms with van der Waals surface area (Å²) < 4.78 is 2.25. The van der Waals surface area contributed by atoms with E-state index >= 15 is 0 Å². The summed E-state index contributed by atoms with van der Waals surface area (Å²) in [7, 11) is 1.96. The zero-order chi connectivity index (χ0) is 14.5. The lowest BCUT2D eigenvalue weighted by Gasteiger charge is -2.32. The normalized spacial score (nSPS) is 16.4. The highest BCUT2D eigenvalue weighted by Gasteiger charge is 2.22. The van der Waals surface area contributed by atoms with Crippen molar-refractivity contribution in [3.05, 3.63) is 33.2 Å². The van der Waals surface area contributed by atoms with Gasteiger partial charge in [-0.3, -0.25) is 9.59 Å². The predicted molar refractivity (Wildman–Crippen MR) is 81.6 cm³/mol. The van der Waals surface area contributed by atoms with E-state index in [1.165, 1.54) is 10.6 Å². The third-order valence-corrected chi connectivity index (χ3v) is 4.18. The van der Waals surface area contributed by atoms with Crippen molar-refractivity contribution in [1.29, 1.82) is 0 Å². The molecule has 0 aliphatic carbocycles. The number of pyridine rings is 1. The van der Waals surface area contributed by atoms with Crippen LogP contribution in [0.1, 0.15) is 12.8 Å². The molecule has 0 atom stereocenters. The van der Waals surface area contributed by atoms with Crippen molar-refractivity contribution in [2.75, 3.05) is 26.7 Å². The standard InChI is InChI=1S/C14H20BrN3O2/c1-16-8-11-4-6-17(7-5-11)14(20)10-18-9-12(15)2-3-13(18)19/h2-3,9,11,16H,4-8,10H2,1H3. The minimum Gasteiger partial charge on any atom is -0.341 e. The summed E-state index contributed by atoms with van der Waals surface area (Å²) in [4.78, 5) is 25.8. The van der Waals surface area contributed by atoms with E-state index in [9.17, 15) is 9.59 Å². The second-order valence-corrected chi connectivity index (χ2v) is 6.11. The molecular weight excluding hydrogens is 322 g/mol. The van der Waals surface area contributed by atoms with Crippen molar-refractivity contribution >= 4 is 21.8 Å². The van der Waals surface area contributed by atoms with E-state index in [4.69, 9.17) is 0 Å². The van der Waals surface area contributed by atoms with E-state index in [0.29, 0.717) is 5.92 Å². The number of nitrogens with zero attached hydrogens (tertiary/aromatic N) is 2. The lowest BCUT2D eigenvalue weighted by molar-refractivity contribution is -0.133. The van der Waals surface area contributed by atoms with Crippen LogP contribution >= 0.6 is 15.9 Å². The average Bonchev–Trinajstić information content (AvgIpc) is 2.44. The zero-order valence-electron chi connectivity index (χ0n) is 11.6. The summed E-state index contributed by atoms with van der Waals surface area (Å²) in [5, 5.41) is 3.18. The van der Waals surface area contributed by atoms with Crippen LogP contribution in [-0.4, -0.2) is 42.1 Å². The molecule has 5 nitrogen and oxygen atoms in total. The average molecular weight is 342 g/mol. The van der Waals surface area contributed by atoms with Crippen LogP contribution in [0, 0.1) is 5.92 Å². The monoisotopic (exact) mass is 341 g/mol. The predicted octanol–water partition coefficient (Wildman–Crippen LogP) is 1.07. The number of rotatable bonds is 4. The van der Waals surface area contributed by atoms with Crippen LogP contribution in [0.4, 0.5) is 0 Å². The summed E-state index contributed by atoms with van der Waals surface area (Å²) >= 11 is 3.32. The van der Waals surface area contributed by atoms with Gasteiger partial charge in [0.05, 0.1) is 0 Å². The Morgan fingerprint density at radius 2 is 2.10 bits per heavy atom. The van der Waals surface area contributed by atoms with Crippen molar-refractivity contribution in [3.63, 3.8) is 0 Å². The highest BCUT2D eigenvalue weighted by atomic mass is 79.9. The Kier molecular flexibility index (Phi) is 5.37. The zero-order valence-corrected chi connectivity index (χ0v) is 13.2. The van der Waals surface area contributed by atoms with Gasteiger partial charge in [-0.25, -0.2) is 0 Å². The quantitative estimate of drug-likeness (QED) is 0.891. The number of carbonyl (C=O) groups is 1. The van der Waals surface area contributed by atoms with Gasteiger partial charge in [-0.15, -0.1) is 0 Å². The van der Waals surface area contributed by atoms with Gasteiger partial charge >= 0.3 is 0 Å². The first-order valence-corrected chi connectivity index (χ1v) is 7.68. The molecule has 1 fully saturated rings. The van der Waals surface area contributed by atoms with Gasteiger partial charge in [0.15, 0.2) is 0 Å². The fourth-order valence-electron chi connectivity index (χ4n) is 2.55. The summed E-state index contributed by atoms with van der Waals surface area (Å²) in [5.41, 5.74) is -0.147. The number of halogens is 1. The molecular formula is C14H20BrN3O2. The third kappa shape index (κ3) is 3.93. The first kappa shape index (κ1) is 15.3. The molecule has 0 radical (unpaired) electrons. The molecule has 1 amide bonds. The molecule has 110 valence electrons. The van der Waals surface area contributed by atoms with Gasteiger partial charge in [0, 0.05) is 29.8 Å². The van der Waals surface area contributed by atoms with Gasteiger partial charge in [0.2, 0.25) is 5.91 Å². The number of hydrogen-bond donors (Lipinski definition) is 1. The molecule has 20 heavy (non-hydrogen) atoms. The number of amides is 1. The molecule has 1 N–H and O–H groups in total. The van der Waals surface area contributed by atoms with E-state index in [1.54, 1.807) is 12.3 Å². The van der Waals surface area contributed by atoms with Crippen LogP contribution in [0.5, 0.6) is 0 Å². The van der Waals surface area contributed by atoms with Gasteiger partial charge in [-0.05, 0) is 54.3 Å². The Morgan fingerprint density at radius 1 is 1.40 bits per heavy atom. The number of nitrogens with one attached hydrogen (secondary N) is 1. The summed E-state index contributed by atoms with van der Waals surface area (Å²) in [6.45, 7) is 2.70. The minimum atomic E-state index is -0.147. The molecule has 2 rings (SSSR count).